The molecule has 2 amide bonds. The maximum absolute atomic E-state index is 13.2. The number of ether oxygens (including phenoxy) is 2. The Hall–Kier alpha value is -3.12. The van der Waals surface area contributed by atoms with Crippen LogP contribution in [-0.4, -0.2) is 43.6 Å². The first-order chi connectivity index (χ1) is 15.0. The van der Waals surface area contributed by atoms with E-state index in [1.165, 1.54) is 10.5 Å². The summed E-state index contributed by atoms with van der Waals surface area (Å²) in [7, 11) is 1.60. The minimum Gasteiger partial charge on any atom is -0.494 e. The largest absolute Gasteiger partial charge is 0.494 e. The number of rotatable bonds is 10. The molecule has 2 aromatic rings. The van der Waals surface area contributed by atoms with Crippen LogP contribution in [0.15, 0.2) is 54.2 Å². The van der Waals surface area contributed by atoms with Crippen molar-refractivity contribution in [1.82, 2.24) is 4.90 Å². The monoisotopic (exact) mass is 422 g/mol. The minimum absolute atomic E-state index is 0.295. The van der Waals surface area contributed by atoms with Gasteiger partial charge in [0.1, 0.15) is 11.4 Å². The molecule has 6 nitrogen and oxygen atoms in total. The van der Waals surface area contributed by atoms with Crippen LogP contribution in [0.5, 0.6) is 5.75 Å². The summed E-state index contributed by atoms with van der Waals surface area (Å²) in [5, 5.41) is 3.20. The number of hydrogen-bond acceptors (Lipinski definition) is 5. The van der Waals surface area contributed by atoms with Crippen LogP contribution in [0, 0.1) is 0 Å². The summed E-state index contributed by atoms with van der Waals surface area (Å²) in [6.45, 7) is 7.53. The van der Waals surface area contributed by atoms with Gasteiger partial charge in [-0.2, -0.15) is 0 Å². The van der Waals surface area contributed by atoms with E-state index in [0.717, 1.165) is 11.4 Å². The molecule has 0 saturated heterocycles. The van der Waals surface area contributed by atoms with Gasteiger partial charge in [-0.15, -0.1) is 0 Å². The number of hydrogen-bond donors (Lipinski definition) is 1. The first-order valence-corrected chi connectivity index (χ1v) is 10.7. The number of anilines is 1. The Bertz CT molecular complexity index is 946. The van der Waals surface area contributed by atoms with Crippen LogP contribution in [0.25, 0.3) is 5.57 Å². The third-order valence-corrected chi connectivity index (χ3v) is 5.20. The third kappa shape index (κ3) is 5.14. The summed E-state index contributed by atoms with van der Waals surface area (Å²) in [4.78, 5) is 27.6. The molecule has 0 aliphatic carbocycles. The summed E-state index contributed by atoms with van der Waals surface area (Å²) >= 11 is 0. The number of nitrogens with one attached hydrogen (secondary N) is 1. The van der Waals surface area contributed by atoms with E-state index in [9.17, 15) is 9.59 Å². The molecule has 31 heavy (non-hydrogen) atoms. The van der Waals surface area contributed by atoms with Crippen molar-refractivity contribution in [2.45, 2.75) is 33.1 Å². The fraction of sp³-hybridized carbons (Fsp3) is 0.360. The van der Waals surface area contributed by atoms with E-state index in [-0.39, 0.29) is 11.8 Å². The quantitative estimate of drug-likeness (QED) is 0.453. The Labute approximate surface area is 183 Å². The zero-order valence-corrected chi connectivity index (χ0v) is 18.6. The first kappa shape index (κ1) is 22.6. The van der Waals surface area contributed by atoms with E-state index in [1.807, 2.05) is 55.5 Å². The molecule has 164 valence electrons. The average molecular weight is 423 g/mol. The summed E-state index contributed by atoms with van der Waals surface area (Å²) in [6.07, 6.45) is 0.584. The Kier molecular flexibility index (Phi) is 7.47. The Morgan fingerprint density at radius 3 is 2.23 bits per heavy atom. The van der Waals surface area contributed by atoms with Gasteiger partial charge in [0.05, 0.1) is 12.2 Å². The molecule has 1 aliphatic heterocycles. The molecule has 1 heterocycles. The van der Waals surface area contributed by atoms with Crippen molar-refractivity contribution in [1.29, 1.82) is 0 Å². The van der Waals surface area contributed by atoms with E-state index in [4.69, 9.17) is 9.47 Å². The second-order valence-corrected chi connectivity index (χ2v) is 7.72. The molecule has 0 unspecified atom stereocenters. The van der Waals surface area contributed by atoms with Crippen molar-refractivity contribution in [3.8, 4) is 5.75 Å². The number of amides is 2. The van der Waals surface area contributed by atoms with Gasteiger partial charge in [0.25, 0.3) is 11.8 Å². The van der Waals surface area contributed by atoms with Gasteiger partial charge in [-0.1, -0.05) is 38.1 Å². The number of imide groups is 1. The van der Waals surface area contributed by atoms with Gasteiger partial charge in [-0.25, -0.2) is 0 Å². The highest BCUT2D eigenvalue weighted by atomic mass is 16.5. The molecule has 0 fully saturated rings. The van der Waals surface area contributed by atoms with Crippen molar-refractivity contribution >= 4 is 23.1 Å². The standard InChI is InChI=1S/C25H30N2O4/c1-5-31-21-13-9-19(10-14-21)22-23(25(29)27(24(22)28)15-6-16-30-4)26-20-11-7-18(8-12-20)17(2)3/h7-14,17,26H,5-6,15-16H2,1-4H3. The number of carbonyl (C=O) groups is 2. The molecule has 6 heteroatoms. The summed E-state index contributed by atoms with van der Waals surface area (Å²) in [6, 6.07) is 15.2. The Morgan fingerprint density at radius 2 is 1.65 bits per heavy atom. The van der Waals surface area contributed by atoms with Gasteiger partial charge in [0, 0.05) is 25.9 Å². The van der Waals surface area contributed by atoms with Gasteiger partial charge in [0.2, 0.25) is 0 Å². The summed E-state index contributed by atoms with van der Waals surface area (Å²) in [5.74, 6) is 0.516. The Morgan fingerprint density at radius 1 is 0.968 bits per heavy atom. The molecule has 0 saturated carbocycles. The van der Waals surface area contributed by atoms with E-state index < -0.39 is 0 Å². The molecule has 1 N–H and O–H groups in total. The number of methoxy groups -OCH3 is 1. The predicted octanol–water partition coefficient (Wildman–Crippen LogP) is 4.44. The van der Waals surface area contributed by atoms with Gasteiger partial charge >= 0.3 is 0 Å². The second kappa shape index (κ2) is 10.3. The van der Waals surface area contributed by atoms with Crippen LogP contribution < -0.4 is 10.1 Å². The van der Waals surface area contributed by atoms with Crippen molar-refractivity contribution in [3.63, 3.8) is 0 Å². The number of carbonyl (C=O) groups excluding carboxylic acids is 2. The van der Waals surface area contributed by atoms with E-state index in [0.29, 0.717) is 48.9 Å². The van der Waals surface area contributed by atoms with Crippen molar-refractivity contribution in [3.05, 3.63) is 65.4 Å². The lowest BCUT2D eigenvalue weighted by Crippen LogP contribution is -2.33. The Balaban J connectivity index is 1.94. The third-order valence-electron chi connectivity index (χ3n) is 5.20. The van der Waals surface area contributed by atoms with Crippen LogP contribution in [0.2, 0.25) is 0 Å². The van der Waals surface area contributed by atoms with Gasteiger partial charge in [0.15, 0.2) is 0 Å². The van der Waals surface area contributed by atoms with Crippen LogP contribution in [0.1, 0.15) is 44.2 Å². The second-order valence-electron chi connectivity index (χ2n) is 7.72. The van der Waals surface area contributed by atoms with Crippen LogP contribution in [-0.2, 0) is 14.3 Å². The zero-order valence-electron chi connectivity index (χ0n) is 18.6. The fourth-order valence-electron chi connectivity index (χ4n) is 3.51. The lowest BCUT2D eigenvalue weighted by molar-refractivity contribution is -0.136. The van der Waals surface area contributed by atoms with Crippen LogP contribution in [0.4, 0.5) is 5.69 Å². The topological polar surface area (TPSA) is 67.9 Å². The number of benzene rings is 2. The van der Waals surface area contributed by atoms with Gasteiger partial charge < -0.3 is 14.8 Å². The lowest BCUT2D eigenvalue weighted by atomic mass is 10.0. The highest BCUT2D eigenvalue weighted by molar-refractivity contribution is 6.36. The molecule has 0 atom stereocenters. The molecular weight excluding hydrogens is 392 g/mol. The molecule has 2 aromatic carbocycles. The fourth-order valence-corrected chi connectivity index (χ4v) is 3.51. The summed E-state index contributed by atoms with van der Waals surface area (Å²) in [5.41, 5.74) is 3.32. The SMILES string of the molecule is CCOc1ccc(C2=C(Nc3ccc(C(C)C)cc3)C(=O)N(CCCOC)C2=O)cc1. The van der Waals surface area contributed by atoms with Gasteiger partial charge in [-0.05, 0) is 54.7 Å². The van der Waals surface area contributed by atoms with Crippen molar-refractivity contribution < 1.29 is 19.1 Å². The van der Waals surface area contributed by atoms with Crippen LogP contribution >= 0.6 is 0 Å². The van der Waals surface area contributed by atoms with Crippen molar-refractivity contribution in [2.75, 3.05) is 32.2 Å². The van der Waals surface area contributed by atoms with Crippen LogP contribution in [0.3, 0.4) is 0 Å². The molecule has 0 bridgehead atoms. The molecule has 1 aliphatic rings. The highest BCUT2D eigenvalue weighted by Crippen LogP contribution is 2.32. The molecule has 3 rings (SSSR count). The molecular formula is C25H30N2O4. The zero-order chi connectivity index (χ0) is 22.4. The minimum atomic E-state index is -0.321. The molecule has 0 aromatic heterocycles. The average Bonchev–Trinajstić information content (AvgIpc) is 2.99. The number of nitrogens with zero attached hydrogens (tertiary/aromatic N) is 1. The summed E-state index contributed by atoms with van der Waals surface area (Å²) < 4.78 is 10.6. The maximum atomic E-state index is 13.2. The van der Waals surface area contributed by atoms with E-state index in [2.05, 4.69) is 19.2 Å². The normalized spacial score (nSPS) is 14.0. The molecule has 0 spiro atoms. The van der Waals surface area contributed by atoms with Gasteiger partial charge in [-0.3, -0.25) is 14.5 Å². The maximum Gasteiger partial charge on any atom is 0.278 e. The predicted molar refractivity (Wildman–Crippen MR) is 122 cm³/mol. The lowest BCUT2D eigenvalue weighted by Gasteiger charge is -2.15. The highest BCUT2D eigenvalue weighted by Gasteiger charge is 2.38. The first-order valence-electron chi connectivity index (χ1n) is 10.7. The van der Waals surface area contributed by atoms with Crippen molar-refractivity contribution in [2.24, 2.45) is 0 Å². The molecule has 0 radical (unpaired) electrons. The van der Waals surface area contributed by atoms with E-state index >= 15 is 0 Å². The van der Waals surface area contributed by atoms with E-state index in [1.54, 1.807) is 7.11 Å². The smallest absolute Gasteiger partial charge is 0.278 e.